The standard InChI is InChI=1S/C17H14O4/c1-21-15-9-2-12(3-10-15)4-11-16(18)13-5-7-14(8-6-13)17(19)20/h2-11H,1H3,(H,19,20). The van der Waals surface area contributed by atoms with Crippen LogP contribution in [0.5, 0.6) is 5.75 Å². The molecule has 106 valence electrons. The molecule has 4 heteroatoms. The number of carbonyl (C=O) groups is 2. The molecule has 0 heterocycles. The maximum Gasteiger partial charge on any atom is 0.335 e. The Kier molecular flexibility index (Phi) is 4.51. The monoisotopic (exact) mass is 282 g/mol. The van der Waals surface area contributed by atoms with E-state index in [1.165, 1.54) is 30.3 Å². The number of hydrogen-bond acceptors (Lipinski definition) is 3. The SMILES string of the molecule is COc1ccc(C=CC(=O)c2ccc(C(=O)O)cc2)cc1. The fourth-order valence-electron chi connectivity index (χ4n) is 1.76. The first kappa shape index (κ1) is 14.5. The van der Waals surface area contributed by atoms with E-state index in [1.54, 1.807) is 13.2 Å². The van der Waals surface area contributed by atoms with Crippen molar-refractivity contribution in [2.24, 2.45) is 0 Å². The van der Waals surface area contributed by atoms with E-state index in [4.69, 9.17) is 9.84 Å². The number of methoxy groups -OCH3 is 1. The van der Waals surface area contributed by atoms with Crippen LogP contribution in [0.4, 0.5) is 0 Å². The van der Waals surface area contributed by atoms with Gasteiger partial charge in [0, 0.05) is 5.56 Å². The van der Waals surface area contributed by atoms with Crippen molar-refractivity contribution < 1.29 is 19.4 Å². The predicted molar refractivity (Wildman–Crippen MR) is 79.8 cm³/mol. The maximum absolute atomic E-state index is 12.0. The van der Waals surface area contributed by atoms with Crippen LogP contribution < -0.4 is 4.74 Å². The highest BCUT2D eigenvalue weighted by Crippen LogP contribution is 2.13. The summed E-state index contributed by atoms with van der Waals surface area (Å²) in [6, 6.07) is 13.1. The van der Waals surface area contributed by atoms with Crippen molar-refractivity contribution in [2.75, 3.05) is 7.11 Å². The van der Waals surface area contributed by atoms with Crippen LogP contribution in [-0.2, 0) is 0 Å². The van der Waals surface area contributed by atoms with Crippen LogP contribution in [0.2, 0.25) is 0 Å². The molecule has 0 aromatic heterocycles. The molecule has 1 N–H and O–H groups in total. The molecule has 0 fully saturated rings. The number of aromatic carboxylic acids is 1. The number of allylic oxidation sites excluding steroid dienone is 1. The van der Waals surface area contributed by atoms with Crippen molar-refractivity contribution in [3.8, 4) is 5.75 Å². The van der Waals surface area contributed by atoms with Gasteiger partial charge in [-0.25, -0.2) is 4.79 Å². The van der Waals surface area contributed by atoms with E-state index in [0.29, 0.717) is 5.56 Å². The van der Waals surface area contributed by atoms with Crippen molar-refractivity contribution in [3.63, 3.8) is 0 Å². The Bertz CT molecular complexity index is 667. The molecular formula is C17H14O4. The lowest BCUT2D eigenvalue weighted by atomic mass is 10.1. The molecule has 0 spiro atoms. The average molecular weight is 282 g/mol. The van der Waals surface area contributed by atoms with Crippen LogP contribution in [0, 0.1) is 0 Å². The summed E-state index contributed by atoms with van der Waals surface area (Å²) in [4.78, 5) is 22.7. The highest BCUT2D eigenvalue weighted by Gasteiger charge is 2.05. The zero-order valence-electron chi connectivity index (χ0n) is 11.4. The van der Waals surface area contributed by atoms with Crippen LogP contribution in [0.1, 0.15) is 26.3 Å². The molecule has 4 nitrogen and oxygen atoms in total. The molecule has 0 amide bonds. The molecule has 2 aromatic rings. The Hall–Kier alpha value is -2.88. The molecule has 2 rings (SSSR count). The van der Waals surface area contributed by atoms with Gasteiger partial charge in [0.1, 0.15) is 5.75 Å². The average Bonchev–Trinajstić information content (AvgIpc) is 2.53. The van der Waals surface area contributed by atoms with Gasteiger partial charge in [-0.15, -0.1) is 0 Å². The van der Waals surface area contributed by atoms with Gasteiger partial charge < -0.3 is 9.84 Å². The van der Waals surface area contributed by atoms with Gasteiger partial charge in [-0.05, 0) is 35.9 Å². The Labute approximate surface area is 122 Å². The van der Waals surface area contributed by atoms with E-state index in [1.807, 2.05) is 24.3 Å². The summed E-state index contributed by atoms with van der Waals surface area (Å²) in [6.07, 6.45) is 3.16. The molecule has 0 radical (unpaired) electrons. The zero-order chi connectivity index (χ0) is 15.2. The number of carboxylic acids is 1. The van der Waals surface area contributed by atoms with Crippen LogP contribution in [0.25, 0.3) is 6.08 Å². The third-order valence-electron chi connectivity index (χ3n) is 2.96. The van der Waals surface area contributed by atoms with Gasteiger partial charge in [0.2, 0.25) is 0 Å². The number of ketones is 1. The molecule has 0 aliphatic rings. The second-order valence-electron chi connectivity index (χ2n) is 4.35. The number of rotatable bonds is 5. The van der Waals surface area contributed by atoms with Crippen molar-refractivity contribution in [2.45, 2.75) is 0 Å². The van der Waals surface area contributed by atoms with Gasteiger partial charge in [0.25, 0.3) is 0 Å². The third kappa shape index (κ3) is 3.79. The van der Waals surface area contributed by atoms with Gasteiger partial charge in [0.05, 0.1) is 12.7 Å². The smallest absolute Gasteiger partial charge is 0.335 e. The fourth-order valence-corrected chi connectivity index (χ4v) is 1.76. The van der Waals surface area contributed by atoms with E-state index in [0.717, 1.165) is 11.3 Å². The van der Waals surface area contributed by atoms with E-state index in [9.17, 15) is 9.59 Å². The van der Waals surface area contributed by atoms with Gasteiger partial charge in [-0.3, -0.25) is 4.79 Å². The molecule has 0 saturated heterocycles. The Morgan fingerprint density at radius 1 is 0.952 bits per heavy atom. The molecule has 0 bridgehead atoms. The van der Waals surface area contributed by atoms with E-state index >= 15 is 0 Å². The van der Waals surface area contributed by atoms with E-state index < -0.39 is 5.97 Å². The van der Waals surface area contributed by atoms with Crippen LogP contribution in [0.3, 0.4) is 0 Å². The number of carbonyl (C=O) groups excluding carboxylic acids is 1. The summed E-state index contributed by atoms with van der Waals surface area (Å²) < 4.78 is 5.06. The molecule has 0 aliphatic carbocycles. The Morgan fingerprint density at radius 2 is 1.52 bits per heavy atom. The zero-order valence-corrected chi connectivity index (χ0v) is 11.4. The largest absolute Gasteiger partial charge is 0.497 e. The third-order valence-corrected chi connectivity index (χ3v) is 2.96. The summed E-state index contributed by atoms with van der Waals surface area (Å²) in [5.74, 6) is -0.437. The predicted octanol–water partition coefficient (Wildman–Crippen LogP) is 3.29. The summed E-state index contributed by atoms with van der Waals surface area (Å²) in [5.41, 5.74) is 1.49. The van der Waals surface area contributed by atoms with Gasteiger partial charge in [0.15, 0.2) is 5.78 Å². The van der Waals surface area contributed by atoms with Gasteiger partial charge in [-0.2, -0.15) is 0 Å². The van der Waals surface area contributed by atoms with Crippen LogP contribution in [0.15, 0.2) is 54.6 Å². The normalized spacial score (nSPS) is 10.5. The second kappa shape index (κ2) is 6.52. The highest BCUT2D eigenvalue weighted by atomic mass is 16.5. The first-order valence-electron chi connectivity index (χ1n) is 6.30. The lowest BCUT2D eigenvalue weighted by Gasteiger charge is -1.99. The lowest BCUT2D eigenvalue weighted by Crippen LogP contribution is -1.98. The highest BCUT2D eigenvalue weighted by molar-refractivity contribution is 6.07. The quantitative estimate of drug-likeness (QED) is 0.675. The fraction of sp³-hybridized carbons (Fsp3) is 0.0588. The first-order chi connectivity index (χ1) is 10.1. The summed E-state index contributed by atoms with van der Waals surface area (Å²) in [6.45, 7) is 0. The van der Waals surface area contributed by atoms with Crippen molar-refractivity contribution in [1.82, 2.24) is 0 Å². The minimum absolute atomic E-state index is 0.158. The molecule has 0 saturated carbocycles. The van der Waals surface area contributed by atoms with Gasteiger partial charge >= 0.3 is 5.97 Å². The second-order valence-corrected chi connectivity index (χ2v) is 4.35. The topological polar surface area (TPSA) is 63.6 Å². The molecule has 0 unspecified atom stereocenters. The molecule has 0 atom stereocenters. The molecule has 21 heavy (non-hydrogen) atoms. The number of ether oxygens (including phenoxy) is 1. The minimum atomic E-state index is -1.01. The van der Waals surface area contributed by atoms with Crippen molar-refractivity contribution >= 4 is 17.8 Å². The number of hydrogen-bond donors (Lipinski definition) is 1. The van der Waals surface area contributed by atoms with Crippen molar-refractivity contribution in [3.05, 3.63) is 71.3 Å². The van der Waals surface area contributed by atoms with E-state index in [2.05, 4.69) is 0 Å². The van der Waals surface area contributed by atoms with Gasteiger partial charge in [-0.1, -0.05) is 30.3 Å². The molecule has 2 aromatic carbocycles. The molecular weight excluding hydrogens is 268 g/mol. The van der Waals surface area contributed by atoms with Crippen LogP contribution >= 0.6 is 0 Å². The summed E-state index contributed by atoms with van der Waals surface area (Å²) in [7, 11) is 1.59. The maximum atomic E-state index is 12.0. The summed E-state index contributed by atoms with van der Waals surface area (Å²) >= 11 is 0. The molecule has 0 aliphatic heterocycles. The van der Waals surface area contributed by atoms with Crippen LogP contribution in [-0.4, -0.2) is 24.0 Å². The lowest BCUT2D eigenvalue weighted by molar-refractivity contribution is 0.0696. The van der Waals surface area contributed by atoms with Crippen molar-refractivity contribution in [1.29, 1.82) is 0 Å². The minimum Gasteiger partial charge on any atom is -0.497 e. The summed E-state index contributed by atoms with van der Waals surface area (Å²) in [5, 5.41) is 8.80. The Morgan fingerprint density at radius 3 is 2.05 bits per heavy atom. The first-order valence-corrected chi connectivity index (χ1v) is 6.30. The Balaban J connectivity index is 2.09. The number of benzene rings is 2. The number of carboxylic acid groups (broad SMARTS) is 1. The van der Waals surface area contributed by atoms with E-state index in [-0.39, 0.29) is 11.3 Å².